The van der Waals surface area contributed by atoms with Crippen molar-refractivity contribution < 1.29 is 34.4 Å². The normalized spacial score (nSPS) is 27.9. The maximum absolute atomic E-state index is 11.4. The lowest BCUT2D eigenvalue weighted by molar-refractivity contribution is -0.0550. The molecular weight excluding hydrogens is 311 g/mol. The van der Waals surface area contributed by atoms with E-state index < -0.39 is 50.7 Å². The van der Waals surface area contributed by atoms with Crippen LogP contribution in [0.1, 0.15) is 6.23 Å². The van der Waals surface area contributed by atoms with Crippen molar-refractivity contribution in [2.75, 3.05) is 6.61 Å². The van der Waals surface area contributed by atoms with E-state index in [2.05, 4.69) is 0 Å². The van der Waals surface area contributed by atoms with E-state index >= 15 is 0 Å². The monoisotopic (exact) mass is 325 g/mol. The summed E-state index contributed by atoms with van der Waals surface area (Å²) in [5.41, 5.74) is -1.33. The second-order valence-electron chi connectivity index (χ2n) is 4.00. The predicted octanol–water partition coefficient (Wildman–Crippen LogP) is -3.22. The molecule has 0 radical (unpaired) electrons. The molecule has 0 aromatic carbocycles. The minimum absolute atomic E-state index is 0.479. The first kappa shape index (κ1) is 17.6. The number of aliphatic hydroxyl groups is 3. The average Bonchev–Trinajstić information content (AvgIpc) is 2.66. The molecule has 1 aliphatic heterocycles. The lowest BCUT2D eigenvalue weighted by Gasteiger charge is -2.16. The van der Waals surface area contributed by atoms with Gasteiger partial charge in [0.1, 0.15) is 18.3 Å². The smallest absolute Gasteiger partial charge is 0.394 e. The van der Waals surface area contributed by atoms with E-state index in [-0.39, 0.29) is 0 Å². The van der Waals surface area contributed by atoms with Gasteiger partial charge in [-0.3, -0.25) is 14.3 Å². The van der Waals surface area contributed by atoms with Crippen LogP contribution >= 0.6 is 8.25 Å². The van der Waals surface area contributed by atoms with Crippen molar-refractivity contribution in [1.29, 1.82) is 0 Å². The first-order valence-corrected chi connectivity index (χ1v) is 6.73. The minimum atomic E-state index is -2.87. The van der Waals surface area contributed by atoms with Gasteiger partial charge < -0.3 is 20.1 Å². The number of hydrogen-bond donors (Lipinski definition) is 6. The highest BCUT2D eigenvalue weighted by molar-refractivity contribution is 7.30. The second-order valence-corrected chi connectivity index (χ2v) is 4.50. The van der Waals surface area contributed by atoms with Crippen molar-refractivity contribution in [2.45, 2.75) is 24.5 Å². The van der Waals surface area contributed by atoms with E-state index in [0.717, 1.165) is 16.8 Å². The zero-order valence-electron chi connectivity index (χ0n) is 10.4. The number of nitrogens with one attached hydrogen (secondary N) is 1. The van der Waals surface area contributed by atoms with Gasteiger partial charge in [0.05, 0.1) is 6.61 Å². The van der Waals surface area contributed by atoms with Gasteiger partial charge in [0.25, 0.3) is 5.56 Å². The fourth-order valence-corrected chi connectivity index (χ4v) is 1.74. The number of nitrogens with zero attached hydrogens (tertiary/aromatic N) is 1. The quantitative estimate of drug-likeness (QED) is 0.304. The van der Waals surface area contributed by atoms with Gasteiger partial charge in [0.15, 0.2) is 6.23 Å². The first-order chi connectivity index (χ1) is 9.77. The van der Waals surface area contributed by atoms with E-state index in [1.54, 1.807) is 0 Å². The van der Waals surface area contributed by atoms with Gasteiger partial charge in [-0.2, -0.15) is 0 Å². The third-order valence-electron chi connectivity index (χ3n) is 2.64. The van der Waals surface area contributed by atoms with Gasteiger partial charge in [-0.15, -0.1) is 9.79 Å². The van der Waals surface area contributed by atoms with Crippen LogP contribution in [-0.2, 0) is 9.30 Å². The fraction of sp³-hybridized carbons (Fsp3) is 0.556. The summed E-state index contributed by atoms with van der Waals surface area (Å²) >= 11 is 0. The molecular formula is C9H14N2O9P+. The molecule has 118 valence electrons. The van der Waals surface area contributed by atoms with E-state index in [0.29, 0.717) is 0 Å². The summed E-state index contributed by atoms with van der Waals surface area (Å²) in [6.07, 6.45) is -3.58. The highest BCUT2D eigenvalue weighted by atomic mass is 31.1. The number of H-pyrrole nitrogens is 1. The van der Waals surface area contributed by atoms with Gasteiger partial charge in [-0.05, 0) is 0 Å². The van der Waals surface area contributed by atoms with Crippen LogP contribution in [0, 0.1) is 0 Å². The van der Waals surface area contributed by atoms with Crippen LogP contribution in [0.4, 0.5) is 0 Å². The maximum Gasteiger partial charge on any atom is 0.692 e. The summed E-state index contributed by atoms with van der Waals surface area (Å²) in [6, 6.07) is 1.09. The zero-order chi connectivity index (χ0) is 16.2. The standard InChI is InChI=1S/C9H12N2O6.HO3P/c12-3-4-6(14)7(15)8(17-4)11-2-1-5(13)10-9(11)16;1-4(2)3/h1-2,4,6-8,12,14-15H,3H2,(H,10,13,16);(H-,1,2,3)/p+1/t4-,6-,7-,8-;/m1./s1. The van der Waals surface area contributed by atoms with Crippen LogP contribution in [0.25, 0.3) is 0 Å². The predicted molar refractivity (Wildman–Crippen MR) is 66.4 cm³/mol. The molecule has 0 spiro atoms. The van der Waals surface area contributed by atoms with E-state index in [1.807, 2.05) is 4.98 Å². The molecule has 11 nitrogen and oxygen atoms in total. The summed E-state index contributed by atoms with van der Waals surface area (Å²) < 4.78 is 14.8. The lowest BCUT2D eigenvalue weighted by Crippen LogP contribution is -2.37. The Morgan fingerprint density at radius 3 is 2.29 bits per heavy atom. The number of hydrogen-bond acceptors (Lipinski definition) is 7. The molecule has 21 heavy (non-hydrogen) atoms. The van der Waals surface area contributed by atoms with E-state index in [4.69, 9.17) is 24.2 Å². The van der Waals surface area contributed by atoms with Crippen LogP contribution in [0.2, 0.25) is 0 Å². The third-order valence-corrected chi connectivity index (χ3v) is 2.64. The number of aromatic nitrogens is 2. The second kappa shape index (κ2) is 7.52. The summed E-state index contributed by atoms with van der Waals surface area (Å²) in [5, 5.41) is 28.1. The molecule has 2 heterocycles. The molecule has 0 aliphatic carbocycles. The van der Waals surface area contributed by atoms with Crippen LogP contribution in [0.5, 0.6) is 0 Å². The molecule has 6 N–H and O–H groups in total. The van der Waals surface area contributed by atoms with Gasteiger partial charge in [-0.1, -0.05) is 0 Å². The number of aromatic amines is 1. The largest absolute Gasteiger partial charge is 0.692 e. The van der Waals surface area contributed by atoms with Gasteiger partial charge in [0, 0.05) is 16.8 Å². The SMILES string of the molecule is O=[P+](O)O.O=c1ccn([C@@H]2O[C@H](CO)[C@@H](O)[C@H]2O)c(=O)[nH]1. The topological polar surface area (TPSA) is 182 Å². The molecule has 0 unspecified atom stereocenters. The Kier molecular flexibility index (Phi) is 6.30. The van der Waals surface area contributed by atoms with Gasteiger partial charge >= 0.3 is 13.9 Å². The summed E-state index contributed by atoms with van der Waals surface area (Å²) in [5.74, 6) is 0. The van der Waals surface area contributed by atoms with E-state index in [9.17, 15) is 19.8 Å². The van der Waals surface area contributed by atoms with Gasteiger partial charge in [-0.25, -0.2) is 4.79 Å². The molecule has 1 saturated heterocycles. The Labute approximate surface area is 117 Å². The third kappa shape index (κ3) is 4.51. The Balaban J connectivity index is 0.000000491. The molecule has 4 atom stereocenters. The summed E-state index contributed by atoms with van der Waals surface area (Å²) in [6.45, 7) is -0.479. The molecule has 12 heteroatoms. The molecule has 0 bridgehead atoms. The van der Waals surface area contributed by atoms with Crippen molar-refractivity contribution in [3.63, 3.8) is 0 Å². The first-order valence-electron chi connectivity index (χ1n) is 5.57. The summed E-state index contributed by atoms with van der Waals surface area (Å²) in [7, 11) is -2.87. The van der Waals surface area contributed by atoms with Crippen LogP contribution in [-0.4, -0.2) is 59.6 Å². The summed E-state index contributed by atoms with van der Waals surface area (Å²) in [4.78, 5) is 38.5. The number of aliphatic hydroxyl groups excluding tert-OH is 3. The lowest BCUT2D eigenvalue weighted by atomic mass is 10.1. The van der Waals surface area contributed by atoms with Crippen molar-refractivity contribution >= 4 is 8.25 Å². The molecule has 0 saturated carbocycles. The molecule has 1 aliphatic rings. The number of ether oxygens (including phenoxy) is 1. The molecule has 2 rings (SSSR count). The fourth-order valence-electron chi connectivity index (χ4n) is 1.74. The van der Waals surface area contributed by atoms with Crippen molar-refractivity contribution in [2.24, 2.45) is 0 Å². The van der Waals surface area contributed by atoms with Crippen molar-refractivity contribution in [3.8, 4) is 0 Å². The maximum atomic E-state index is 11.4. The van der Waals surface area contributed by atoms with E-state index in [1.165, 1.54) is 0 Å². The molecule has 1 aromatic heterocycles. The van der Waals surface area contributed by atoms with Gasteiger partial charge in [0.2, 0.25) is 0 Å². The van der Waals surface area contributed by atoms with Crippen molar-refractivity contribution in [1.82, 2.24) is 9.55 Å². The van der Waals surface area contributed by atoms with Crippen LogP contribution in [0.3, 0.4) is 0 Å². The van der Waals surface area contributed by atoms with Crippen LogP contribution in [0.15, 0.2) is 21.9 Å². The molecule has 1 aromatic rings. The Bertz CT molecular complexity index is 595. The number of rotatable bonds is 2. The minimum Gasteiger partial charge on any atom is -0.394 e. The van der Waals surface area contributed by atoms with Crippen molar-refractivity contribution in [3.05, 3.63) is 33.1 Å². The Hall–Kier alpha value is -1.46. The highest BCUT2D eigenvalue weighted by Gasteiger charge is 2.43. The Morgan fingerprint density at radius 2 is 1.86 bits per heavy atom. The van der Waals surface area contributed by atoms with Crippen LogP contribution < -0.4 is 11.2 Å². The molecule has 0 amide bonds. The Morgan fingerprint density at radius 1 is 1.29 bits per heavy atom. The molecule has 1 fully saturated rings. The average molecular weight is 325 g/mol. The zero-order valence-corrected chi connectivity index (χ0v) is 11.3. The highest BCUT2D eigenvalue weighted by Crippen LogP contribution is 2.27.